The maximum atomic E-state index is 13.4. The number of carbonyl (C=O) groups is 4. The molecule has 2 fully saturated rings. The summed E-state index contributed by atoms with van der Waals surface area (Å²) in [5.41, 5.74) is 0.612. The van der Waals surface area contributed by atoms with Crippen molar-refractivity contribution in [1.82, 2.24) is 10.0 Å². The second-order valence-electron chi connectivity index (χ2n) is 7.86. The van der Waals surface area contributed by atoms with Crippen LogP contribution in [-0.4, -0.2) is 49.7 Å². The van der Waals surface area contributed by atoms with Crippen LogP contribution in [0.5, 0.6) is 0 Å². The molecule has 2 aromatic carbocycles. The molecule has 0 N–H and O–H groups in total. The van der Waals surface area contributed by atoms with Gasteiger partial charge < -0.3 is 0 Å². The molecule has 1 saturated carbocycles. The number of fused-ring (bicyclic) bond motifs is 1. The molecule has 0 aromatic heterocycles. The van der Waals surface area contributed by atoms with Crippen LogP contribution in [0.1, 0.15) is 33.6 Å². The van der Waals surface area contributed by atoms with Crippen molar-refractivity contribution < 1.29 is 19.2 Å². The van der Waals surface area contributed by atoms with Gasteiger partial charge in [0.15, 0.2) is 5.78 Å². The zero-order valence-corrected chi connectivity index (χ0v) is 20.7. The van der Waals surface area contributed by atoms with Crippen LogP contribution in [0.2, 0.25) is 5.02 Å². The van der Waals surface area contributed by atoms with E-state index in [9.17, 15) is 19.2 Å². The van der Waals surface area contributed by atoms with Gasteiger partial charge in [0.2, 0.25) is 0 Å². The van der Waals surface area contributed by atoms with Crippen molar-refractivity contribution in [3.8, 4) is 0 Å². The molecule has 9 heteroatoms. The van der Waals surface area contributed by atoms with Crippen LogP contribution >= 0.6 is 43.5 Å². The maximum absolute atomic E-state index is 13.4. The zero-order valence-electron chi connectivity index (χ0n) is 16.8. The van der Waals surface area contributed by atoms with E-state index in [4.69, 9.17) is 11.6 Å². The van der Waals surface area contributed by atoms with Crippen LogP contribution < -0.4 is 0 Å². The summed E-state index contributed by atoms with van der Waals surface area (Å²) in [6, 6.07) is 14.6. The van der Waals surface area contributed by atoms with E-state index in [1.807, 2.05) is 0 Å². The number of hydrogen-bond acceptors (Lipinski definition) is 4. The summed E-state index contributed by atoms with van der Waals surface area (Å²) in [5, 5.41) is 2.31. The number of imide groups is 1. The molecule has 6 nitrogen and oxygen atoms in total. The van der Waals surface area contributed by atoms with Crippen molar-refractivity contribution in [2.45, 2.75) is 22.5 Å². The van der Waals surface area contributed by atoms with E-state index in [1.54, 1.807) is 42.5 Å². The number of hydrogen-bond donors (Lipinski definition) is 0. The van der Waals surface area contributed by atoms with Crippen molar-refractivity contribution >= 4 is 67.0 Å². The first-order chi connectivity index (χ1) is 15.3. The Labute approximate surface area is 207 Å². The van der Waals surface area contributed by atoms with E-state index in [2.05, 4.69) is 31.9 Å². The Morgan fingerprint density at radius 1 is 0.875 bits per heavy atom. The first kappa shape index (κ1) is 23.1. The van der Waals surface area contributed by atoms with Gasteiger partial charge in [-0.1, -0.05) is 73.8 Å². The highest BCUT2D eigenvalue weighted by Gasteiger charge is 2.54. The number of halogens is 3. The number of carbonyl (C=O) groups excluding carboxylic acids is 4. The van der Waals surface area contributed by atoms with E-state index in [0.717, 1.165) is 10.0 Å². The van der Waals surface area contributed by atoms with Gasteiger partial charge >= 0.3 is 0 Å². The highest BCUT2D eigenvalue weighted by atomic mass is 79.9. The Bertz CT molecular complexity index is 1040. The monoisotopic (exact) mass is 580 g/mol. The highest BCUT2D eigenvalue weighted by Crippen LogP contribution is 2.43. The number of benzene rings is 2. The summed E-state index contributed by atoms with van der Waals surface area (Å²) in [7, 11) is 0. The van der Waals surface area contributed by atoms with Gasteiger partial charge in [-0.15, -0.1) is 0 Å². The van der Waals surface area contributed by atoms with E-state index in [0.29, 0.717) is 23.4 Å². The lowest BCUT2D eigenvalue weighted by Crippen LogP contribution is -2.52. The van der Waals surface area contributed by atoms with E-state index >= 15 is 0 Å². The summed E-state index contributed by atoms with van der Waals surface area (Å²) in [4.78, 5) is 53.0. The quantitative estimate of drug-likeness (QED) is 0.296. The average molecular weight is 583 g/mol. The topological polar surface area (TPSA) is 74.8 Å². The first-order valence-electron chi connectivity index (χ1n) is 10.1. The van der Waals surface area contributed by atoms with Gasteiger partial charge in [-0.25, -0.2) is 5.01 Å². The second-order valence-corrected chi connectivity index (χ2v) is 10.7. The van der Waals surface area contributed by atoms with Crippen LogP contribution in [0.25, 0.3) is 0 Å². The molecule has 166 valence electrons. The van der Waals surface area contributed by atoms with Gasteiger partial charge in [0.25, 0.3) is 17.7 Å². The molecule has 0 spiro atoms. The third kappa shape index (κ3) is 4.40. The fraction of sp³-hybridized carbons (Fsp3) is 0.304. The fourth-order valence-corrected chi connectivity index (χ4v) is 5.50. The molecule has 0 unspecified atom stereocenters. The van der Waals surface area contributed by atoms with Gasteiger partial charge in [-0.05, 0) is 37.1 Å². The second kappa shape index (κ2) is 9.45. The first-order valence-corrected chi connectivity index (χ1v) is 12.3. The Morgan fingerprint density at radius 2 is 1.41 bits per heavy atom. The molecular formula is C23H19Br2ClN2O4. The Balaban J connectivity index is 1.69. The van der Waals surface area contributed by atoms with Crippen molar-refractivity contribution in [3.63, 3.8) is 0 Å². The largest absolute Gasteiger partial charge is 0.292 e. The standard InChI is InChI=1S/C23H19Br2ClN2O4/c24-18-10-16-17(11-19(18)25)23(32)28(22(16)31)27(12-20(29)13-4-2-1-3-5-13)21(30)14-6-8-15(26)9-7-14/h1-9,16-19H,10-12H2/t16-,17+,18-,19-/m0/s1. The molecule has 1 aliphatic carbocycles. The molecule has 3 amide bonds. The number of alkyl halides is 2. The molecule has 32 heavy (non-hydrogen) atoms. The van der Waals surface area contributed by atoms with Gasteiger partial charge in [0, 0.05) is 25.8 Å². The lowest BCUT2D eigenvalue weighted by molar-refractivity contribution is -0.154. The fourth-order valence-electron chi connectivity index (χ4n) is 4.14. The third-order valence-electron chi connectivity index (χ3n) is 5.84. The number of amides is 3. The number of ketones is 1. The van der Waals surface area contributed by atoms with Crippen molar-refractivity contribution in [3.05, 3.63) is 70.7 Å². The molecule has 1 saturated heterocycles. The predicted octanol–water partition coefficient (Wildman–Crippen LogP) is 4.50. The van der Waals surface area contributed by atoms with Crippen molar-refractivity contribution in [2.75, 3.05) is 6.54 Å². The third-order valence-corrected chi connectivity index (χ3v) is 8.83. The van der Waals surface area contributed by atoms with Gasteiger partial charge in [-0.2, -0.15) is 5.01 Å². The van der Waals surface area contributed by atoms with E-state index in [-0.39, 0.29) is 21.0 Å². The Morgan fingerprint density at radius 3 is 1.94 bits per heavy atom. The molecule has 4 rings (SSSR count). The van der Waals surface area contributed by atoms with Crippen molar-refractivity contribution in [1.29, 1.82) is 0 Å². The summed E-state index contributed by atoms with van der Waals surface area (Å²) in [6.45, 7) is -0.433. The minimum atomic E-state index is -0.614. The molecule has 0 radical (unpaired) electrons. The summed E-state index contributed by atoms with van der Waals surface area (Å²) >= 11 is 13.1. The summed E-state index contributed by atoms with van der Waals surface area (Å²) in [5.74, 6) is -2.96. The normalized spacial score (nSPS) is 24.9. The SMILES string of the molecule is O=C(CN(C(=O)c1ccc(Cl)cc1)N1C(=O)[C@H]2C[C@H](Br)[C@@H](Br)C[C@H]2C1=O)c1ccccc1. The van der Waals surface area contributed by atoms with Crippen LogP contribution in [0.15, 0.2) is 54.6 Å². The van der Waals surface area contributed by atoms with Crippen LogP contribution in [0.4, 0.5) is 0 Å². The summed E-state index contributed by atoms with van der Waals surface area (Å²) < 4.78 is 0. The molecule has 1 heterocycles. The highest BCUT2D eigenvalue weighted by molar-refractivity contribution is 9.12. The molecule has 1 aliphatic heterocycles. The van der Waals surface area contributed by atoms with Crippen molar-refractivity contribution in [2.24, 2.45) is 11.8 Å². The Kier molecular flexibility index (Phi) is 6.83. The lowest BCUT2D eigenvalue weighted by Gasteiger charge is -2.30. The smallest absolute Gasteiger partial charge is 0.273 e. The Hall–Kier alpha value is -2.03. The number of hydrazine groups is 1. The summed E-state index contributed by atoms with van der Waals surface area (Å²) in [6.07, 6.45) is 0.939. The van der Waals surface area contributed by atoms with Gasteiger partial charge in [-0.3, -0.25) is 19.2 Å². The number of rotatable bonds is 5. The van der Waals surface area contributed by atoms with E-state index < -0.39 is 36.1 Å². The maximum Gasteiger partial charge on any atom is 0.273 e. The zero-order chi connectivity index (χ0) is 23.0. The number of nitrogens with zero attached hydrogens (tertiary/aromatic N) is 2. The molecule has 0 bridgehead atoms. The van der Waals surface area contributed by atoms with Crippen LogP contribution in [-0.2, 0) is 9.59 Å². The molecule has 4 atom stereocenters. The predicted molar refractivity (Wildman–Crippen MR) is 127 cm³/mol. The van der Waals surface area contributed by atoms with Gasteiger partial charge in [0.05, 0.1) is 11.8 Å². The van der Waals surface area contributed by atoms with E-state index in [1.165, 1.54) is 12.1 Å². The van der Waals surface area contributed by atoms with Gasteiger partial charge in [0.1, 0.15) is 6.54 Å². The lowest BCUT2D eigenvalue weighted by atomic mass is 9.81. The van der Waals surface area contributed by atoms with Crippen LogP contribution in [0, 0.1) is 11.8 Å². The van der Waals surface area contributed by atoms with Crippen LogP contribution in [0.3, 0.4) is 0 Å². The molecule has 2 aromatic rings. The molecular weight excluding hydrogens is 564 g/mol. The molecule has 2 aliphatic rings. The average Bonchev–Trinajstić information content (AvgIpc) is 3.02. The minimum absolute atomic E-state index is 0.0341. The number of Topliss-reactive ketones (excluding diaryl/α,β-unsaturated/α-hetero) is 1. The minimum Gasteiger partial charge on any atom is -0.292 e.